The molecule has 0 saturated heterocycles. The van der Waals surface area contributed by atoms with E-state index in [0.717, 1.165) is 18.4 Å². The summed E-state index contributed by atoms with van der Waals surface area (Å²) in [7, 11) is 3.52. The third-order valence-electron chi connectivity index (χ3n) is 3.12. The summed E-state index contributed by atoms with van der Waals surface area (Å²) in [5.41, 5.74) is 0. The van der Waals surface area contributed by atoms with Crippen LogP contribution in [-0.2, 0) is 4.74 Å². The summed E-state index contributed by atoms with van der Waals surface area (Å²) >= 11 is 0. The van der Waals surface area contributed by atoms with Crippen LogP contribution in [-0.4, -0.2) is 39.3 Å². The molecule has 2 atom stereocenters. The average Bonchev–Trinajstić information content (AvgIpc) is 2.37. The Balaban J connectivity index is 3.97. The van der Waals surface area contributed by atoms with Crippen LogP contribution in [0.25, 0.3) is 0 Å². The summed E-state index contributed by atoms with van der Waals surface area (Å²) in [6.07, 6.45) is 5.10. The fourth-order valence-corrected chi connectivity index (χ4v) is 1.90. The predicted octanol–water partition coefficient (Wildman–Crippen LogP) is 2.40. The van der Waals surface area contributed by atoms with E-state index in [1.165, 1.54) is 25.7 Å². The number of aliphatic imine (C=N–C) groups is 1. The lowest BCUT2D eigenvalue weighted by Crippen LogP contribution is -2.45. The molecule has 0 aromatic carbocycles. The largest absolute Gasteiger partial charge is 0.383 e. The van der Waals surface area contributed by atoms with Gasteiger partial charge in [-0.15, -0.1) is 0 Å². The molecule has 0 fully saturated rings. The molecule has 18 heavy (non-hydrogen) atoms. The molecule has 0 heterocycles. The Kier molecular flexibility index (Phi) is 10.8. The van der Waals surface area contributed by atoms with Crippen molar-refractivity contribution < 1.29 is 4.74 Å². The van der Waals surface area contributed by atoms with Gasteiger partial charge in [-0.1, -0.05) is 33.1 Å². The van der Waals surface area contributed by atoms with E-state index in [2.05, 4.69) is 36.4 Å². The van der Waals surface area contributed by atoms with Crippen LogP contribution in [0.3, 0.4) is 0 Å². The highest BCUT2D eigenvalue weighted by atomic mass is 16.5. The average molecular weight is 257 g/mol. The van der Waals surface area contributed by atoms with Crippen LogP contribution in [0.1, 0.15) is 46.5 Å². The van der Waals surface area contributed by atoms with Crippen molar-refractivity contribution in [3.8, 4) is 0 Å². The molecule has 2 N–H and O–H groups in total. The Morgan fingerprint density at radius 1 is 1.33 bits per heavy atom. The van der Waals surface area contributed by atoms with Gasteiger partial charge in [-0.3, -0.25) is 4.99 Å². The van der Waals surface area contributed by atoms with Gasteiger partial charge in [-0.2, -0.15) is 0 Å². The van der Waals surface area contributed by atoms with Crippen molar-refractivity contribution in [2.75, 3.05) is 27.3 Å². The maximum absolute atomic E-state index is 5.10. The molecule has 0 aliphatic rings. The lowest BCUT2D eigenvalue weighted by Gasteiger charge is -2.20. The second kappa shape index (κ2) is 11.3. The van der Waals surface area contributed by atoms with Gasteiger partial charge in [0, 0.05) is 26.7 Å². The van der Waals surface area contributed by atoms with E-state index in [4.69, 9.17) is 4.74 Å². The lowest BCUT2D eigenvalue weighted by atomic mass is 9.99. The summed E-state index contributed by atoms with van der Waals surface area (Å²) in [6.45, 7) is 8.27. The van der Waals surface area contributed by atoms with Gasteiger partial charge in [-0.25, -0.2) is 0 Å². The van der Waals surface area contributed by atoms with Crippen molar-refractivity contribution in [1.29, 1.82) is 0 Å². The zero-order valence-corrected chi connectivity index (χ0v) is 12.8. The second-order valence-electron chi connectivity index (χ2n) is 4.87. The smallest absolute Gasteiger partial charge is 0.191 e. The second-order valence-corrected chi connectivity index (χ2v) is 4.87. The first kappa shape index (κ1) is 17.2. The van der Waals surface area contributed by atoms with E-state index in [0.29, 0.717) is 6.61 Å². The molecule has 4 nitrogen and oxygen atoms in total. The quantitative estimate of drug-likeness (QED) is 0.492. The van der Waals surface area contributed by atoms with E-state index in [-0.39, 0.29) is 6.04 Å². The molecule has 0 aliphatic carbocycles. The molecule has 0 aliphatic heterocycles. The molecule has 0 amide bonds. The number of methoxy groups -OCH3 is 1. The van der Waals surface area contributed by atoms with Gasteiger partial charge in [0.05, 0.1) is 6.61 Å². The first-order valence-electron chi connectivity index (χ1n) is 7.13. The molecule has 0 bridgehead atoms. The van der Waals surface area contributed by atoms with E-state index >= 15 is 0 Å². The van der Waals surface area contributed by atoms with Crippen LogP contribution in [0.2, 0.25) is 0 Å². The van der Waals surface area contributed by atoms with Gasteiger partial charge in [0.1, 0.15) is 0 Å². The maximum atomic E-state index is 5.10. The Morgan fingerprint density at radius 3 is 2.56 bits per heavy atom. The topological polar surface area (TPSA) is 45.7 Å². The number of hydrogen-bond acceptors (Lipinski definition) is 2. The molecule has 0 aromatic rings. The SMILES string of the molecule is CCCCC(CC)CNC(=NC)NC(C)COC. The van der Waals surface area contributed by atoms with Gasteiger partial charge in [0.15, 0.2) is 5.96 Å². The Morgan fingerprint density at radius 2 is 2.06 bits per heavy atom. The first-order valence-corrected chi connectivity index (χ1v) is 7.13. The van der Waals surface area contributed by atoms with E-state index in [1.807, 2.05) is 7.05 Å². The number of guanidine groups is 1. The summed E-state index contributed by atoms with van der Waals surface area (Å²) in [5, 5.41) is 6.72. The molecule has 0 aromatic heterocycles. The maximum Gasteiger partial charge on any atom is 0.191 e. The van der Waals surface area contributed by atoms with Crippen molar-refractivity contribution in [2.24, 2.45) is 10.9 Å². The zero-order chi connectivity index (χ0) is 13.8. The first-order chi connectivity index (χ1) is 8.67. The Labute approximate surface area is 113 Å². The van der Waals surface area contributed by atoms with Crippen LogP contribution in [0, 0.1) is 5.92 Å². The van der Waals surface area contributed by atoms with Crippen LogP contribution >= 0.6 is 0 Å². The fraction of sp³-hybridized carbons (Fsp3) is 0.929. The minimum Gasteiger partial charge on any atom is -0.383 e. The van der Waals surface area contributed by atoms with Crippen molar-refractivity contribution in [2.45, 2.75) is 52.5 Å². The van der Waals surface area contributed by atoms with E-state index in [1.54, 1.807) is 7.11 Å². The molecule has 0 radical (unpaired) electrons. The molecular weight excluding hydrogens is 226 g/mol. The summed E-state index contributed by atoms with van der Waals surface area (Å²) < 4.78 is 5.10. The summed E-state index contributed by atoms with van der Waals surface area (Å²) in [4.78, 5) is 4.24. The minimum absolute atomic E-state index is 0.275. The van der Waals surface area contributed by atoms with Crippen molar-refractivity contribution in [1.82, 2.24) is 10.6 Å². The van der Waals surface area contributed by atoms with Crippen molar-refractivity contribution in [3.05, 3.63) is 0 Å². The molecule has 0 spiro atoms. The highest BCUT2D eigenvalue weighted by Gasteiger charge is 2.08. The fourth-order valence-electron chi connectivity index (χ4n) is 1.90. The van der Waals surface area contributed by atoms with Gasteiger partial charge in [0.2, 0.25) is 0 Å². The van der Waals surface area contributed by atoms with Crippen LogP contribution < -0.4 is 10.6 Å². The standard InChI is InChI=1S/C14H31N3O/c1-6-8-9-13(7-2)10-16-14(15-4)17-12(3)11-18-5/h12-13H,6-11H2,1-5H3,(H2,15,16,17). The third-order valence-corrected chi connectivity index (χ3v) is 3.12. The zero-order valence-electron chi connectivity index (χ0n) is 12.8. The lowest BCUT2D eigenvalue weighted by molar-refractivity contribution is 0.179. The normalized spacial score (nSPS) is 15.3. The Bertz CT molecular complexity index is 219. The monoisotopic (exact) mass is 257 g/mol. The number of nitrogens with zero attached hydrogens (tertiary/aromatic N) is 1. The minimum atomic E-state index is 0.275. The molecule has 0 saturated carbocycles. The molecule has 108 valence electrons. The number of unbranched alkanes of at least 4 members (excludes halogenated alkanes) is 1. The Hall–Kier alpha value is -0.770. The summed E-state index contributed by atoms with van der Waals surface area (Å²) in [5.74, 6) is 1.61. The summed E-state index contributed by atoms with van der Waals surface area (Å²) in [6, 6.07) is 0.275. The third kappa shape index (κ3) is 8.34. The van der Waals surface area contributed by atoms with Gasteiger partial charge < -0.3 is 15.4 Å². The molecule has 2 unspecified atom stereocenters. The van der Waals surface area contributed by atoms with Crippen LogP contribution in [0.4, 0.5) is 0 Å². The predicted molar refractivity (Wildman–Crippen MR) is 79.1 cm³/mol. The van der Waals surface area contributed by atoms with Gasteiger partial charge >= 0.3 is 0 Å². The number of hydrogen-bond donors (Lipinski definition) is 2. The highest BCUT2D eigenvalue weighted by Crippen LogP contribution is 2.10. The van der Waals surface area contributed by atoms with Crippen LogP contribution in [0.15, 0.2) is 4.99 Å². The molecule has 4 heteroatoms. The van der Waals surface area contributed by atoms with Gasteiger partial charge in [-0.05, 0) is 19.3 Å². The molecular formula is C14H31N3O. The number of nitrogens with one attached hydrogen (secondary N) is 2. The number of rotatable bonds is 9. The van der Waals surface area contributed by atoms with E-state index in [9.17, 15) is 0 Å². The van der Waals surface area contributed by atoms with Crippen LogP contribution in [0.5, 0.6) is 0 Å². The van der Waals surface area contributed by atoms with Crippen molar-refractivity contribution >= 4 is 5.96 Å². The molecule has 0 rings (SSSR count). The van der Waals surface area contributed by atoms with Crippen molar-refractivity contribution in [3.63, 3.8) is 0 Å². The van der Waals surface area contributed by atoms with Gasteiger partial charge in [0.25, 0.3) is 0 Å². The highest BCUT2D eigenvalue weighted by molar-refractivity contribution is 5.79. The number of ether oxygens (including phenoxy) is 1. The van der Waals surface area contributed by atoms with E-state index < -0.39 is 0 Å².